The molecule has 0 radical (unpaired) electrons. The molecule has 0 spiro atoms. The van der Waals surface area contributed by atoms with Gasteiger partial charge < -0.3 is 20.1 Å². The van der Waals surface area contributed by atoms with Crippen LogP contribution in [0.15, 0.2) is 84.9 Å². The van der Waals surface area contributed by atoms with Gasteiger partial charge in [0.15, 0.2) is 0 Å². The maximum Gasteiger partial charge on any atom is 0.248 e. The van der Waals surface area contributed by atoms with Crippen molar-refractivity contribution in [2.24, 2.45) is 0 Å². The van der Waals surface area contributed by atoms with Gasteiger partial charge in [-0.3, -0.25) is 9.59 Å². The molecule has 6 nitrogen and oxygen atoms in total. The molecule has 0 fully saturated rings. The van der Waals surface area contributed by atoms with Crippen LogP contribution < -0.4 is 20.1 Å². The van der Waals surface area contributed by atoms with Gasteiger partial charge in [-0.2, -0.15) is 0 Å². The SMILES string of the molecule is COc1ccc(C=CC(=O)Nc2cccc(NC(=O)C=Cc3ccc(OC)cc3)c2)cc1. The fraction of sp³-hybridized carbons (Fsp3) is 0.0769. The molecule has 6 heteroatoms. The number of benzene rings is 3. The van der Waals surface area contributed by atoms with Crippen molar-refractivity contribution in [2.45, 2.75) is 0 Å². The van der Waals surface area contributed by atoms with E-state index in [0.29, 0.717) is 11.4 Å². The van der Waals surface area contributed by atoms with Crippen molar-refractivity contribution in [3.05, 3.63) is 96.1 Å². The Labute approximate surface area is 187 Å². The summed E-state index contributed by atoms with van der Waals surface area (Å²) in [7, 11) is 3.21. The summed E-state index contributed by atoms with van der Waals surface area (Å²) in [5.74, 6) is 0.959. The highest BCUT2D eigenvalue weighted by Gasteiger charge is 2.02. The number of rotatable bonds is 8. The monoisotopic (exact) mass is 428 g/mol. The third-order valence-electron chi connectivity index (χ3n) is 4.48. The molecule has 0 unspecified atom stereocenters. The molecule has 0 aliphatic carbocycles. The van der Waals surface area contributed by atoms with E-state index in [1.54, 1.807) is 50.6 Å². The summed E-state index contributed by atoms with van der Waals surface area (Å²) in [6, 6.07) is 21.7. The zero-order valence-electron chi connectivity index (χ0n) is 17.9. The summed E-state index contributed by atoms with van der Waals surface area (Å²) >= 11 is 0. The smallest absolute Gasteiger partial charge is 0.248 e. The highest BCUT2D eigenvalue weighted by Crippen LogP contribution is 2.17. The van der Waals surface area contributed by atoms with E-state index < -0.39 is 0 Å². The average molecular weight is 428 g/mol. The van der Waals surface area contributed by atoms with Crippen LogP contribution in [0.25, 0.3) is 12.2 Å². The van der Waals surface area contributed by atoms with E-state index in [4.69, 9.17) is 9.47 Å². The van der Waals surface area contributed by atoms with Crippen molar-refractivity contribution in [2.75, 3.05) is 24.9 Å². The largest absolute Gasteiger partial charge is 0.497 e. The van der Waals surface area contributed by atoms with Crippen LogP contribution in [-0.4, -0.2) is 26.0 Å². The van der Waals surface area contributed by atoms with Gasteiger partial charge in [-0.25, -0.2) is 0 Å². The number of nitrogens with one attached hydrogen (secondary N) is 2. The normalized spacial score (nSPS) is 10.8. The number of hydrogen-bond acceptors (Lipinski definition) is 4. The number of ether oxygens (including phenoxy) is 2. The van der Waals surface area contributed by atoms with Crippen LogP contribution in [0.1, 0.15) is 11.1 Å². The third kappa shape index (κ3) is 6.88. The van der Waals surface area contributed by atoms with Crippen molar-refractivity contribution in [3.8, 4) is 11.5 Å². The highest BCUT2D eigenvalue weighted by atomic mass is 16.5. The number of carbonyl (C=O) groups is 2. The summed E-state index contributed by atoms with van der Waals surface area (Å²) in [6.07, 6.45) is 6.32. The van der Waals surface area contributed by atoms with Crippen LogP contribution in [0.2, 0.25) is 0 Å². The minimum absolute atomic E-state index is 0.274. The highest BCUT2D eigenvalue weighted by molar-refractivity contribution is 6.04. The van der Waals surface area contributed by atoms with Gasteiger partial charge in [0.05, 0.1) is 14.2 Å². The molecule has 32 heavy (non-hydrogen) atoms. The lowest BCUT2D eigenvalue weighted by atomic mass is 10.2. The van der Waals surface area contributed by atoms with Gasteiger partial charge in [0.2, 0.25) is 11.8 Å². The van der Waals surface area contributed by atoms with Gasteiger partial charge in [-0.05, 0) is 65.7 Å². The van der Waals surface area contributed by atoms with E-state index in [9.17, 15) is 9.59 Å². The van der Waals surface area contributed by atoms with Crippen molar-refractivity contribution < 1.29 is 19.1 Å². The van der Waals surface area contributed by atoms with Gasteiger partial charge in [-0.15, -0.1) is 0 Å². The van der Waals surface area contributed by atoms with Crippen LogP contribution in [0.3, 0.4) is 0 Å². The zero-order valence-corrected chi connectivity index (χ0v) is 17.9. The minimum atomic E-state index is -0.274. The molecule has 2 N–H and O–H groups in total. The average Bonchev–Trinajstić information content (AvgIpc) is 2.82. The van der Waals surface area contributed by atoms with Gasteiger partial charge in [-0.1, -0.05) is 30.3 Å². The number of anilines is 2. The quantitative estimate of drug-likeness (QED) is 0.495. The molecular weight excluding hydrogens is 404 g/mol. The number of carbonyl (C=O) groups excluding carboxylic acids is 2. The zero-order chi connectivity index (χ0) is 22.8. The second-order valence-corrected chi connectivity index (χ2v) is 6.77. The van der Waals surface area contributed by atoms with Crippen LogP contribution >= 0.6 is 0 Å². The first-order valence-electron chi connectivity index (χ1n) is 9.92. The molecule has 0 saturated carbocycles. The van der Waals surface area contributed by atoms with Crippen molar-refractivity contribution in [1.29, 1.82) is 0 Å². The molecule has 0 atom stereocenters. The van der Waals surface area contributed by atoms with Crippen LogP contribution in [0.5, 0.6) is 11.5 Å². The standard InChI is InChI=1S/C26H24N2O4/c1-31-23-12-6-19(7-13-23)10-16-25(29)27-21-4-3-5-22(18-21)28-26(30)17-11-20-8-14-24(32-2)15-9-20/h3-18H,1-2H3,(H,27,29)(H,28,30). The molecule has 3 rings (SSSR count). The molecule has 0 bridgehead atoms. The molecule has 0 heterocycles. The van der Waals surface area contributed by atoms with E-state index in [2.05, 4.69) is 10.6 Å². The van der Waals surface area contributed by atoms with Gasteiger partial charge in [0, 0.05) is 23.5 Å². The van der Waals surface area contributed by atoms with Crippen molar-refractivity contribution >= 4 is 35.3 Å². The first-order valence-corrected chi connectivity index (χ1v) is 9.92. The second kappa shape index (κ2) is 11.2. The molecule has 162 valence electrons. The Balaban J connectivity index is 1.55. The summed E-state index contributed by atoms with van der Waals surface area (Å²) in [6.45, 7) is 0. The van der Waals surface area contributed by atoms with Crippen LogP contribution in [0, 0.1) is 0 Å². The van der Waals surface area contributed by atoms with Gasteiger partial charge in [0.1, 0.15) is 11.5 Å². The molecule has 0 saturated heterocycles. The Morgan fingerprint density at radius 2 is 1.06 bits per heavy atom. The van der Waals surface area contributed by atoms with Crippen molar-refractivity contribution in [1.82, 2.24) is 0 Å². The summed E-state index contributed by atoms with van der Waals surface area (Å²) in [5.41, 5.74) is 2.91. The number of methoxy groups -OCH3 is 2. The molecule has 3 aromatic rings. The van der Waals surface area contributed by atoms with E-state index in [0.717, 1.165) is 22.6 Å². The fourth-order valence-electron chi connectivity index (χ4n) is 2.82. The Hall–Kier alpha value is -4.32. The summed E-state index contributed by atoms with van der Waals surface area (Å²) < 4.78 is 10.2. The van der Waals surface area contributed by atoms with Crippen LogP contribution in [0.4, 0.5) is 11.4 Å². The summed E-state index contributed by atoms with van der Waals surface area (Å²) in [4.78, 5) is 24.4. The molecular formula is C26H24N2O4. The Bertz CT molecular complexity index is 1030. The van der Waals surface area contributed by atoms with E-state index in [1.807, 2.05) is 48.5 Å². The Kier molecular flexibility index (Phi) is 7.81. The predicted octanol–water partition coefficient (Wildman–Crippen LogP) is 5.01. The van der Waals surface area contributed by atoms with Gasteiger partial charge in [0.25, 0.3) is 0 Å². The number of amides is 2. The van der Waals surface area contributed by atoms with E-state index in [-0.39, 0.29) is 11.8 Å². The van der Waals surface area contributed by atoms with Crippen molar-refractivity contribution in [3.63, 3.8) is 0 Å². The lowest BCUT2D eigenvalue weighted by Gasteiger charge is -2.06. The third-order valence-corrected chi connectivity index (χ3v) is 4.48. The topological polar surface area (TPSA) is 76.7 Å². The van der Waals surface area contributed by atoms with Crippen LogP contribution in [-0.2, 0) is 9.59 Å². The Morgan fingerprint density at radius 1 is 0.656 bits per heavy atom. The first-order chi connectivity index (χ1) is 15.6. The minimum Gasteiger partial charge on any atom is -0.497 e. The lowest BCUT2D eigenvalue weighted by molar-refractivity contribution is -0.112. The lowest BCUT2D eigenvalue weighted by Crippen LogP contribution is -2.10. The van der Waals surface area contributed by atoms with E-state index >= 15 is 0 Å². The molecule has 3 aromatic carbocycles. The summed E-state index contributed by atoms with van der Waals surface area (Å²) in [5, 5.41) is 5.57. The number of hydrogen-bond donors (Lipinski definition) is 2. The van der Waals surface area contributed by atoms with E-state index in [1.165, 1.54) is 12.2 Å². The van der Waals surface area contributed by atoms with Gasteiger partial charge >= 0.3 is 0 Å². The maximum absolute atomic E-state index is 12.2. The first kappa shape index (κ1) is 22.4. The molecule has 0 aliphatic rings. The molecule has 2 amide bonds. The molecule has 0 aromatic heterocycles. The maximum atomic E-state index is 12.2. The molecule has 0 aliphatic heterocycles. The Morgan fingerprint density at radius 3 is 1.44 bits per heavy atom. The second-order valence-electron chi connectivity index (χ2n) is 6.77. The fourth-order valence-corrected chi connectivity index (χ4v) is 2.82. The predicted molar refractivity (Wildman–Crippen MR) is 128 cm³/mol.